The van der Waals surface area contributed by atoms with Gasteiger partial charge in [0.05, 0.1) is 0 Å². The second kappa shape index (κ2) is 3.41. The summed E-state index contributed by atoms with van der Waals surface area (Å²) >= 11 is 0. The van der Waals surface area contributed by atoms with Gasteiger partial charge in [-0.15, -0.1) is 0 Å². The fraction of sp³-hybridized carbons (Fsp3) is 0.333. The Hall–Kier alpha value is -2.28. The van der Waals surface area contributed by atoms with E-state index in [0.29, 0.717) is 0 Å². The van der Waals surface area contributed by atoms with Crippen LogP contribution in [0.1, 0.15) is 0 Å². The number of nitrogens with zero attached hydrogens (tertiary/aromatic N) is 2. The van der Waals surface area contributed by atoms with Crippen LogP contribution >= 0.6 is 0 Å². The van der Waals surface area contributed by atoms with Crippen LogP contribution in [0.2, 0.25) is 0 Å². The van der Waals surface area contributed by atoms with E-state index in [0.717, 1.165) is 0 Å². The van der Waals surface area contributed by atoms with Crippen molar-refractivity contribution in [1.29, 1.82) is 10.5 Å². The molecule has 2 atom stereocenters. The summed E-state index contributed by atoms with van der Waals surface area (Å²) in [4.78, 5) is 21.7. The van der Waals surface area contributed by atoms with Crippen LogP contribution in [-0.2, 0) is 19.1 Å². The molecule has 0 radical (unpaired) electrons. The minimum Gasteiger partial charge on any atom is -0.409 e. The van der Waals surface area contributed by atoms with Crippen molar-refractivity contribution >= 4 is 11.8 Å². The number of ether oxygens (including phenoxy) is 2. The molecule has 0 aromatic carbocycles. The maximum absolute atomic E-state index is 10.9. The fourth-order valence-electron chi connectivity index (χ4n) is 0.883. The number of hydrogen-bond donors (Lipinski definition) is 1. The zero-order chi connectivity index (χ0) is 9.84. The van der Waals surface area contributed by atoms with Crippen molar-refractivity contribution in [3.63, 3.8) is 0 Å². The quantitative estimate of drug-likeness (QED) is 0.404. The summed E-state index contributed by atoms with van der Waals surface area (Å²) in [6.07, 6.45) is -0.234. The average molecular weight is 181 g/mol. The van der Waals surface area contributed by atoms with Crippen LogP contribution in [0.25, 0.3) is 0 Å². The lowest BCUT2D eigenvalue weighted by atomic mass is 10.2. The van der Waals surface area contributed by atoms with Crippen molar-refractivity contribution in [3.05, 3.63) is 0 Å². The fourth-order valence-corrected chi connectivity index (χ4v) is 0.883. The number of nitrogens with one attached hydrogen (secondary N) is 1. The van der Waals surface area contributed by atoms with Gasteiger partial charge in [0.25, 0.3) is 24.3 Å². The first-order valence-electron chi connectivity index (χ1n) is 3.15. The van der Waals surface area contributed by atoms with Gasteiger partial charge in [-0.2, -0.15) is 10.5 Å². The van der Waals surface area contributed by atoms with E-state index in [4.69, 9.17) is 10.5 Å². The summed E-state index contributed by atoms with van der Waals surface area (Å²) in [5.74, 6) is -1.57. The van der Waals surface area contributed by atoms with E-state index in [9.17, 15) is 9.59 Å². The lowest BCUT2D eigenvalue weighted by Gasteiger charge is -2.07. The molecule has 66 valence electrons. The molecular formula is C6H3N3O4. The first-order valence-corrected chi connectivity index (χ1v) is 3.15. The summed E-state index contributed by atoms with van der Waals surface area (Å²) in [5, 5.41) is 18.1. The molecule has 1 rings (SSSR count). The Labute approximate surface area is 72.4 Å². The zero-order valence-electron chi connectivity index (χ0n) is 6.18. The largest absolute Gasteiger partial charge is 0.409 e. The molecule has 1 aliphatic rings. The van der Waals surface area contributed by atoms with Gasteiger partial charge in [-0.25, -0.2) is 0 Å². The Balaban J connectivity index is 2.79. The lowest BCUT2D eigenvalue weighted by Crippen LogP contribution is -2.32. The summed E-state index contributed by atoms with van der Waals surface area (Å²) in [6.45, 7) is 0. The molecule has 13 heavy (non-hydrogen) atoms. The second-order valence-corrected chi connectivity index (χ2v) is 2.11. The molecule has 1 fully saturated rings. The van der Waals surface area contributed by atoms with Gasteiger partial charge in [-0.05, 0) is 0 Å². The third-order valence-electron chi connectivity index (χ3n) is 1.40. The van der Waals surface area contributed by atoms with Gasteiger partial charge in [0.15, 0.2) is 0 Å². The number of hydrogen-bond acceptors (Lipinski definition) is 6. The van der Waals surface area contributed by atoms with Crippen LogP contribution in [0.5, 0.6) is 0 Å². The Kier molecular flexibility index (Phi) is 2.31. The summed E-state index contributed by atoms with van der Waals surface area (Å²) in [7, 11) is 0. The molecule has 1 aliphatic heterocycles. The summed E-state index contributed by atoms with van der Waals surface area (Å²) in [5.41, 5.74) is 0. The smallest absolute Gasteiger partial charge is 0.287 e. The van der Waals surface area contributed by atoms with Crippen LogP contribution in [0.4, 0.5) is 0 Å². The molecule has 1 heterocycles. The zero-order valence-corrected chi connectivity index (χ0v) is 6.18. The molecule has 0 spiro atoms. The Morgan fingerprint density at radius 2 is 1.46 bits per heavy atom. The van der Waals surface area contributed by atoms with Crippen molar-refractivity contribution in [2.75, 3.05) is 0 Å². The van der Waals surface area contributed by atoms with E-state index in [1.807, 2.05) is 5.32 Å². The van der Waals surface area contributed by atoms with Crippen molar-refractivity contribution in [1.82, 2.24) is 5.32 Å². The normalized spacial score (nSPS) is 25.7. The summed E-state index contributed by atoms with van der Waals surface area (Å²) in [6, 6.07) is 0. The average Bonchev–Trinajstić information content (AvgIpc) is 2.33. The molecule has 2 amide bonds. The van der Waals surface area contributed by atoms with Crippen LogP contribution in [0.15, 0.2) is 0 Å². The Morgan fingerprint density at radius 3 is 1.77 bits per heavy atom. The predicted molar refractivity (Wildman–Crippen MR) is 34.1 cm³/mol. The highest BCUT2D eigenvalue weighted by molar-refractivity contribution is 6.08. The first-order chi connectivity index (χ1) is 6.20. The third-order valence-corrected chi connectivity index (χ3v) is 1.40. The van der Waals surface area contributed by atoms with Gasteiger partial charge in [0.2, 0.25) is 12.2 Å². The van der Waals surface area contributed by atoms with Gasteiger partial charge in [-0.3, -0.25) is 14.9 Å². The van der Waals surface area contributed by atoms with E-state index in [1.165, 1.54) is 12.5 Å². The van der Waals surface area contributed by atoms with E-state index in [2.05, 4.69) is 9.47 Å². The Morgan fingerprint density at radius 1 is 1.08 bits per heavy atom. The predicted octanol–water partition coefficient (Wildman–Crippen LogP) is -1.62. The minimum atomic E-state index is -1.36. The molecule has 0 bridgehead atoms. The highest BCUT2D eigenvalue weighted by atomic mass is 16.5. The third kappa shape index (κ3) is 1.49. The van der Waals surface area contributed by atoms with Crippen molar-refractivity contribution in [2.24, 2.45) is 0 Å². The molecule has 1 N–H and O–H groups in total. The van der Waals surface area contributed by atoms with Gasteiger partial charge in [-0.1, -0.05) is 0 Å². The van der Waals surface area contributed by atoms with Crippen molar-refractivity contribution in [2.45, 2.75) is 12.2 Å². The van der Waals surface area contributed by atoms with Crippen LogP contribution in [0, 0.1) is 23.0 Å². The number of imide groups is 1. The van der Waals surface area contributed by atoms with Crippen LogP contribution in [0.3, 0.4) is 0 Å². The maximum Gasteiger partial charge on any atom is 0.287 e. The van der Waals surface area contributed by atoms with Crippen LogP contribution < -0.4 is 5.32 Å². The number of nitriles is 2. The molecule has 7 nitrogen and oxygen atoms in total. The number of carbonyl (C=O) groups excluding carboxylic acids is 2. The molecule has 7 heteroatoms. The van der Waals surface area contributed by atoms with E-state index in [1.54, 1.807) is 0 Å². The SMILES string of the molecule is N#COC1C(=O)NC(=O)C1OC#N. The highest BCUT2D eigenvalue weighted by Gasteiger charge is 2.46. The molecular weight excluding hydrogens is 178 g/mol. The standard InChI is InChI=1S/C6H3N3O4/c7-1-12-3-4(13-2-8)6(11)9-5(3)10/h3-4H,(H,9,10,11). The molecule has 0 aromatic heterocycles. The summed E-state index contributed by atoms with van der Waals surface area (Å²) < 4.78 is 8.49. The number of amides is 2. The molecule has 0 aromatic rings. The molecule has 0 saturated carbocycles. The molecule has 2 unspecified atom stereocenters. The van der Waals surface area contributed by atoms with E-state index in [-0.39, 0.29) is 0 Å². The number of carbonyl (C=O) groups is 2. The van der Waals surface area contributed by atoms with Crippen molar-refractivity contribution in [3.8, 4) is 12.5 Å². The monoisotopic (exact) mass is 181 g/mol. The molecule has 1 saturated heterocycles. The first kappa shape index (κ1) is 8.81. The molecule has 0 aliphatic carbocycles. The maximum atomic E-state index is 10.9. The van der Waals surface area contributed by atoms with Gasteiger partial charge in [0.1, 0.15) is 0 Å². The number of rotatable bonds is 2. The van der Waals surface area contributed by atoms with Crippen molar-refractivity contribution < 1.29 is 19.1 Å². The highest BCUT2D eigenvalue weighted by Crippen LogP contribution is 2.10. The topological polar surface area (TPSA) is 112 Å². The van der Waals surface area contributed by atoms with Gasteiger partial charge in [0, 0.05) is 0 Å². The Bertz CT molecular complexity index is 294. The van der Waals surface area contributed by atoms with E-state index >= 15 is 0 Å². The minimum absolute atomic E-state index is 0.785. The lowest BCUT2D eigenvalue weighted by molar-refractivity contribution is -0.129. The van der Waals surface area contributed by atoms with Gasteiger partial charge < -0.3 is 9.47 Å². The van der Waals surface area contributed by atoms with Crippen LogP contribution in [-0.4, -0.2) is 24.0 Å². The van der Waals surface area contributed by atoms with E-state index < -0.39 is 24.0 Å². The second-order valence-electron chi connectivity index (χ2n) is 2.11. The van der Waals surface area contributed by atoms with Gasteiger partial charge >= 0.3 is 0 Å².